The van der Waals surface area contributed by atoms with Crippen molar-refractivity contribution in [3.8, 4) is 5.82 Å². The zero-order valence-corrected chi connectivity index (χ0v) is 14.6. The van der Waals surface area contributed by atoms with Crippen molar-refractivity contribution in [3.05, 3.63) is 78.3 Å². The Kier molecular flexibility index (Phi) is 5.92. The van der Waals surface area contributed by atoms with Crippen molar-refractivity contribution in [2.24, 2.45) is 4.99 Å². The topological polar surface area (TPSA) is 67.1 Å². The summed E-state index contributed by atoms with van der Waals surface area (Å²) in [5, 5.41) is 6.45. The van der Waals surface area contributed by atoms with Gasteiger partial charge in [0.05, 0.1) is 0 Å². The molecule has 0 atom stereocenters. The van der Waals surface area contributed by atoms with Crippen LogP contribution < -0.4 is 10.6 Å². The molecule has 0 saturated heterocycles. The first kappa shape index (κ1) is 17.6. The summed E-state index contributed by atoms with van der Waals surface area (Å²) in [7, 11) is 1.71. The molecule has 0 radical (unpaired) electrons. The summed E-state index contributed by atoms with van der Waals surface area (Å²) in [6.45, 7) is 1.20. The SMILES string of the molecule is CN=C(NCCc1ccccc1F)NCc1ccnc(-n2ccnc2)c1. The summed E-state index contributed by atoms with van der Waals surface area (Å²) in [6.07, 6.45) is 7.63. The third-order valence-electron chi connectivity index (χ3n) is 3.91. The fourth-order valence-corrected chi connectivity index (χ4v) is 2.53. The molecule has 0 unspecified atom stereocenters. The first-order valence-electron chi connectivity index (χ1n) is 8.37. The minimum atomic E-state index is -0.180. The van der Waals surface area contributed by atoms with Gasteiger partial charge in [-0.25, -0.2) is 14.4 Å². The monoisotopic (exact) mass is 352 g/mol. The number of imidazole rings is 1. The lowest BCUT2D eigenvalue weighted by atomic mass is 10.1. The van der Waals surface area contributed by atoms with Crippen LogP contribution in [0.15, 0.2) is 66.3 Å². The molecule has 0 aliphatic rings. The normalized spacial score (nSPS) is 11.4. The number of hydrogen-bond acceptors (Lipinski definition) is 3. The molecule has 0 fully saturated rings. The second-order valence-corrected chi connectivity index (χ2v) is 5.69. The van der Waals surface area contributed by atoms with Crippen molar-refractivity contribution in [1.82, 2.24) is 25.2 Å². The Labute approximate surface area is 151 Å². The van der Waals surface area contributed by atoms with Crippen LogP contribution in [-0.4, -0.2) is 34.1 Å². The number of guanidine groups is 1. The maximum atomic E-state index is 13.6. The van der Waals surface area contributed by atoms with E-state index in [2.05, 4.69) is 25.6 Å². The molecule has 2 N–H and O–H groups in total. The van der Waals surface area contributed by atoms with Gasteiger partial charge in [-0.15, -0.1) is 0 Å². The smallest absolute Gasteiger partial charge is 0.191 e. The van der Waals surface area contributed by atoms with Gasteiger partial charge in [0, 0.05) is 38.7 Å². The largest absolute Gasteiger partial charge is 0.356 e. The lowest BCUT2D eigenvalue weighted by molar-refractivity contribution is 0.606. The molecule has 134 valence electrons. The van der Waals surface area contributed by atoms with Crippen LogP contribution in [-0.2, 0) is 13.0 Å². The van der Waals surface area contributed by atoms with Gasteiger partial charge in [0.25, 0.3) is 0 Å². The van der Waals surface area contributed by atoms with E-state index in [-0.39, 0.29) is 5.82 Å². The fraction of sp³-hybridized carbons (Fsp3) is 0.211. The van der Waals surface area contributed by atoms with Crippen molar-refractivity contribution in [2.45, 2.75) is 13.0 Å². The highest BCUT2D eigenvalue weighted by Crippen LogP contribution is 2.07. The molecular formula is C19H21FN6. The number of pyridine rings is 1. The number of nitrogens with zero attached hydrogens (tertiary/aromatic N) is 4. The number of hydrogen-bond donors (Lipinski definition) is 2. The molecular weight excluding hydrogens is 331 g/mol. The summed E-state index contributed by atoms with van der Waals surface area (Å²) in [6, 6.07) is 10.7. The lowest BCUT2D eigenvalue weighted by Gasteiger charge is -2.12. The van der Waals surface area contributed by atoms with E-state index in [1.165, 1.54) is 6.07 Å². The van der Waals surface area contributed by atoms with Gasteiger partial charge in [0.15, 0.2) is 5.96 Å². The number of benzene rings is 1. The Morgan fingerprint density at radius 2 is 2.08 bits per heavy atom. The molecule has 3 aromatic rings. The molecule has 2 heterocycles. The molecule has 1 aromatic carbocycles. The van der Waals surface area contributed by atoms with E-state index < -0.39 is 0 Å². The molecule has 7 heteroatoms. The van der Waals surface area contributed by atoms with Crippen LogP contribution in [0.2, 0.25) is 0 Å². The van der Waals surface area contributed by atoms with Gasteiger partial charge in [-0.2, -0.15) is 0 Å². The molecule has 0 spiro atoms. The van der Waals surface area contributed by atoms with Gasteiger partial charge in [-0.1, -0.05) is 18.2 Å². The molecule has 0 aliphatic heterocycles. The average molecular weight is 352 g/mol. The number of halogens is 1. The van der Waals surface area contributed by atoms with Crippen LogP contribution in [0.3, 0.4) is 0 Å². The van der Waals surface area contributed by atoms with Crippen LogP contribution in [0.1, 0.15) is 11.1 Å². The highest BCUT2D eigenvalue weighted by Gasteiger charge is 2.03. The molecule has 0 amide bonds. The Bertz CT molecular complexity index is 860. The van der Waals surface area contributed by atoms with Crippen molar-refractivity contribution >= 4 is 5.96 Å². The van der Waals surface area contributed by atoms with Gasteiger partial charge < -0.3 is 10.6 Å². The maximum Gasteiger partial charge on any atom is 0.191 e. The highest BCUT2D eigenvalue weighted by atomic mass is 19.1. The van der Waals surface area contributed by atoms with E-state index in [4.69, 9.17) is 0 Å². The van der Waals surface area contributed by atoms with Gasteiger partial charge in [-0.3, -0.25) is 9.56 Å². The fourth-order valence-electron chi connectivity index (χ4n) is 2.53. The molecule has 0 bridgehead atoms. The standard InChI is InChI=1S/C19H21FN6/c1-21-19(24-9-7-16-4-2-3-5-17(16)20)25-13-15-6-8-23-18(12-15)26-11-10-22-14-26/h2-6,8,10-12,14H,7,9,13H2,1H3,(H2,21,24,25). The zero-order valence-electron chi connectivity index (χ0n) is 14.6. The van der Waals surface area contributed by atoms with E-state index in [0.717, 1.165) is 11.4 Å². The molecule has 0 aliphatic carbocycles. The second-order valence-electron chi connectivity index (χ2n) is 5.69. The molecule has 26 heavy (non-hydrogen) atoms. The third-order valence-corrected chi connectivity index (χ3v) is 3.91. The average Bonchev–Trinajstić information content (AvgIpc) is 3.21. The minimum Gasteiger partial charge on any atom is -0.356 e. The Morgan fingerprint density at radius 1 is 1.19 bits per heavy atom. The summed E-state index contributed by atoms with van der Waals surface area (Å²) < 4.78 is 15.5. The van der Waals surface area contributed by atoms with Gasteiger partial charge in [0.2, 0.25) is 0 Å². The van der Waals surface area contributed by atoms with Gasteiger partial charge in [-0.05, 0) is 35.7 Å². The zero-order chi connectivity index (χ0) is 18.2. The predicted molar refractivity (Wildman–Crippen MR) is 99.7 cm³/mol. The second kappa shape index (κ2) is 8.75. The lowest BCUT2D eigenvalue weighted by Crippen LogP contribution is -2.37. The number of aromatic nitrogens is 3. The Balaban J connectivity index is 1.51. The van der Waals surface area contributed by atoms with Gasteiger partial charge >= 0.3 is 0 Å². The predicted octanol–water partition coefficient (Wildman–Crippen LogP) is 2.31. The molecule has 3 rings (SSSR count). The van der Waals surface area contributed by atoms with Crippen LogP contribution in [0.25, 0.3) is 5.82 Å². The quantitative estimate of drug-likeness (QED) is 0.528. The highest BCUT2D eigenvalue weighted by molar-refractivity contribution is 5.79. The van der Waals surface area contributed by atoms with Crippen molar-refractivity contribution in [2.75, 3.05) is 13.6 Å². The van der Waals surface area contributed by atoms with Crippen LogP contribution in [0.4, 0.5) is 4.39 Å². The van der Waals surface area contributed by atoms with E-state index in [9.17, 15) is 4.39 Å². The van der Waals surface area contributed by atoms with E-state index in [0.29, 0.717) is 31.0 Å². The minimum absolute atomic E-state index is 0.180. The first-order chi connectivity index (χ1) is 12.8. The number of rotatable bonds is 6. The van der Waals surface area contributed by atoms with Crippen LogP contribution in [0.5, 0.6) is 0 Å². The third kappa shape index (κ3) is 4.66. The number of nitrogens with one attached hydrogen (secondary N) is 2. The summed E-state index contributed by atoms with van der Waals surface area (Å²) >= 11 is 0. The molecule has 0 saturated carbocycles. The van der Waals surface area contributed by atoms with Crippen molar-refractivity contribution < 1.29 is 4.39 Å². The first-order valence-corrected chi connectivity index (χ1v) is 8.37. The van der Waals surface area contributed by atoms with E-state index in [1.54, 1.807) is 37.9 Å². The van der Waals surface area contributed by atoms with Crippen molar-refractivity contribution in [3.63, 3.8) is 0 Å². The van der Waals surface area contributed by atoms with Crippen LogP contribution in [0, 0.1) is 5.82 Å². The number of aliphatic imine (C=N–C) groups is 1. The van der Waals surface area contributed by atoms with E-state index in [1.807, 2.05) is 29.0 Å². The van der Waals surface area contributed by atoms with E-state index >= 15 is 0 Å². The van der Waals surface area contributed by atoms with Crippen LogP contribution >= 0.6 is 0 Å². The summed E-state index contributed by atoms with van der Waals surface area (Å²) in [5.74, 6) is 1.30. The van der Waals surface area contributed by atoms with Gasteiger partial charge in [0.1, 0.15) is 18.0 Å². The van der Waals surface area contributed by atoms with Crippen molar-refractivity contribution in [1.29, 1.82) is 0 Å². The molecule has 2 aromatic heterocycles. The summed E-state index contributed by atoms with van der Waals surface area (Å²) in [4.78, 5) is 12.6. The maximum absolute atomic E-state index is 13.6. The Morgan fingerprint density at radius 3 is 2.85 bits per heavy atom. The molecule has 6 nitrogen and oxygen atoms in total. The Hall–Kier alpha value is -3.22. The summed E-state index contributed by atoms with van der Waals surface area (Å²) in [5.41, 5.74) is 1.76.